The van der Waals surface area contributed by atoms with Gasteiger partial charge in [0.1, 0.15) is 35.1 Å². The summed E-state index contributed by atoms with van der Waals surface area (Å²) < 4.78 is 46.2. The van der Waals surface area contributed by atoms with Gasteiger partial charge in [0.15, 0.2) is 0 Å². The van der Waals surface area contributed by atoms with Crippen LogP contribution in [0.4, 0.5) is 4.79 Å². The maximum Gasteiger partial charge on any atom is 0.408 e. The number of amides is 4. The number of sulfonamides is 1. The number of allylic oxidation sites excluding steroid dienone is 1. The van der Waals surface area contributed by atoms with Crippen molar-refractivity contribution in [2.75, 3.05) is 6.54 Å². The minimum atomic E-state index is -3.90. The highest BCUT2D eigenvalue weighted by molar-refractivity contribution is 7.91. The quantitative estimate of drug-likeness (QED) is 0.323. The standard InChI is InChI=1S/C40H53N5O9S/c1-23-10-6-7-11-25-20-40(25,37(48)44-55(50,51)28-16-17-28)43-34(46)31-19-27(22-45(31)36(47)33(24(2)18-23)42-38(49)54-39(3,4)5)53-35-30-13-9-8-12-29(30)32(21-41-35)52-26-14-15-26/h7-9,11-13,21,23-28,31,33H,6,10,14-20,22H2,1-5H3,(H,42,49)(H,43,46)(H,44,48)/b11-7-/t23-,24+,25+,27?,31-,33-,40+/m0/s1. The maximum atomic E-state index is 14.8. The molecule has 0 bridgehead atoms. The molecule has 4 fully saturated rings. The van der Waals surface area contributed by atoms with E-state index in [-0.39, 0.29) is 37.3 Å². The highest BCUT2D eigenvalue weighted by Crippen LogP contribution is 2.46. The van der Waals surface area contributed by atoms with Crippen molar-refractivity contribution in [3.05, 3.63) is 42.6 Å². The van der Waals surface area contributed by atoms with Crippen molar-refractivity contribution in [3.63, 3.8) is 0 Å². The Bertz CT molecular complexity index is 1970. The van der Waals surface area contributed by atoms with Crippen LogP contribution in [-0.4, -0.2) is 89.3 Å². The number of rotatable bonds is 8. The third-order valence-corrected chi connectivity index (χ3v) is 12.9. The van der Waals surface area contributed by atoms with E-state index in [0.29, 0.717) is 42.7 Å². The van der Waals surface area contributed by atoms with Crippen LogP contribution in [0, 0.1) is 17.8 Å². The number of nitrogens with zero attached hydrogens (tertiary/aromatic N) is 2. The molecule has 7 rings (SSSR count). The Hall–Kier alpha value is -4.40. The molecule has 3 aliphatic carbocycles. The van der Waals surface area contributed by atoms with Crippen LogP contribution < -0.4 is 24.8 Å². The Morgan fingerprint density at radius 1 is 0.982 bits per heavy atom. The zero-order valence-corrected chi connectivity index (χ0v) is 33.0. The van der Waals surface area contributed by atoms with Gasteiger partial charge >= 0.3 is 6.09 Å². The van der Waals surface area contributed by atoms with Crippen LogP contribution in [0.15, 0.2) is 42.6 Å². The number of pyridine rings is 1. The van der Waals surface area contributed by atoms with E-state index in [1.54, 1.807) is 27.0 Å². The van der Waals surface area contributed by atoms with Crippen molar-refractivity contribution in [2.24, 2.45) is 17.8 Å². The fourth-order valence-corrected chi connectivity index (χ4v) is 9.15. The molecule has 0 radical (unpaired) electrons. The molecule has 4 amide bonds. The second-order valence-corrected chi connectivity index (χ2v) is 19.1. The molecule has 55 heavy (non-hydrogen) atoms. The van der Waals surface area contributed by atoms with Crippen molar-refractivity contribution in [2.45, 2.75) is 133 Å². The van der Waals surface area contributed by atoms with Gasteiger partial charge in [-0.05, 0) is 90.0 Å². The number of fused-ring (bicyclic) bond motifs is 3. The normalized spacial score (nSPS) is 30.8. The molecule has 14 nitrogen and oxygen atoms in total. The third-order valence-electron chi connectivity index (χ3n) is 11.1. The van der Waals surface area contributed by atoms with Crippen LogP contribution in [0.25, 0.3) is 10.8 Å². The summed E-state index contributed by atoms with van der Waals surface area (Å²) in [5, 5.41) is 6.64. The van der Waals surface area contributed by atoms with E-state index in [2.05, 4.69) is 27.3 Å². The first-order valence-corrected chi connectivity index (χ1v) is 21.1. The molecule has 298 valence electrons. The molecule has 1 aromatic carbocycles. The van der Waals surface area contributed by atoms with Gasteiger partial charge in [-0.3, -0.25) is 19.1 Å². The van der Waals surface area contributed by atoms with Crippen LogP contribution in [0.1, 0.15) is 92.4 Å². The monoisotopic (exact) mass is 779 g/mol. The Labute approximate surface area is 322 Å². The molecule has 0 spiro atoms. The van der Waals surface area contributed by atoms with Gasteiger partial charge in [-0.15, -0.1) is 0 Å². The molecule has 5 aliphatic rings. The number of aromatic nitrogens is 1. The Balaban J connectivity index is 1.21. The Morgan fingerprint density at radius 2 is 1.71 bits per heavy atom. The van der Waals surface area contributed by atoms with E-state index in [9.17, 15) is 27.6 Å². The first kappa shape index (κ1) is 38.9. The molecule has 7 atom stereocenters. The van der Waals surface area contributed by atoms with E-state index in [4.69, 9.17) is 14.2 Å². The lowest BCUT2D eigenvalue weighted by Gasteiger charge is -2.33. The van der Waals surface area contributed by atoms with E-state index in [1.165, 1.54) is 4.90 Å². The Kier molecular flexibility index (Phi) is 10.5. The minimum absolute atomic E-state index is 0.0133. The predicted molar refractivity (Wildman–Crippen MR) is 203 cm³/mol. The van der Waals surface area contributed by atoms with Crippen LogP contribution >= 0.6 is 0 Å². The largest absolute Gasteiger partial charge is 0.488 e. The van der Waals surface area contributed by atoms with Crippen molar-refractivity contribution in [1.29, 1.82) is 0 Å². The smallest absolute Gasteiger partial charge is 0.408 e. The van der Waals surface area contributed by atoms with E-state index in [0.717, 1.165) is 24.6 Å². The summed E-state index contributed by atoms with van der Waals surface area (Å²) >= 11 is 0. The van der Waals surface area contributed by atoms with Crippen LogP contribution in [0.2, 0.25) is 0 Å². The molecule has 3 heterocycles. The molecule has 1 saturated heterocycles. The number of nitrogens with one attached hydrogen (secondary N) is 3. The number of carbonyl (C=O) groups excluding carboxylic acids is 4. The number of alkyl carbamates (subject to hydrolysis) is 1. The summed E-state index contributed by atoms with van der Waals surface area (Å²) in [5.74, 6) is -1.53. The number of hydrogen-bond acceptors (Lipinski definition) is 10. The van der Waals surface area contributed by atoms with Gasteiger partial charge in [-0.2, -0.15) is 0 Å². The topological polar surface area (TPSA) is 182 Å². The van der Waals surface area contributed by atoms with E-state index < -0.39 is 74.3 Å². The average Bonchev–Trinajstić information content (AvgIpc) is 4.01. The van der Waals surface area contributed by atoms with Gasteiger partial charge in [0.25, 0.3) is 5.91 Å². The van der Waals surface area contributed by atoms with Gasteiger partial charge in [0.05, 0.1) is 24.1 Å². The average molecular weight is 780 g/mol. The summed E-state index contributed by atoms with van der Waals surface area (Å²) in [4.78, 5) is 62.3. The second-order valence-electron chi connectivity index (χ2n) is 17.2. The van der Waals surface area contributed by atoms with Gasteiger partial charge in [-0.1, -0.05) is 44.2 Å². The lowest BCUT2D eigenvalue weighted by Crippen LogP contribution is -2.59. The molecule has 1 unspecified atom stereocenters. The van der Waals surface area contributed by atoms with Crippen LogP contribution in [0.3, 0.4) is 0 Å². The van der Waals surface area contributed by atoms with Crippen molar-refractivity contribution < 1.29 is 41.8 Å². The number of benzene rings is 1. The molecule has 2 aliphatic heterocycles. The minimum Gasteiger partial charge on any atom is -0.488 e. The number of hydrogen-bond donors (Lipinski definition) is 3. The zero-order chi connectivity index (χ0) is 39.3. The lowest BCUT2D eigenvalue weighted by atomic mass is 9.88. The highest BCUT2D eigenvalue weighted by Gasteiger charge is 2.62. The second kappa shape index (κ2) is 14.9. The van der Waals surface area contributed by atoms with Gasteiger partial charge in [0, 0.05) is 23.1 Å². The molecule has 3 saturated carbocycles. The summed E-state index contributed by atoms with van der Waals surface area (Å²) in [5.41, 5.74) is -2.33. The first-order valence-electron chi connectivity index (χ1n) is 19.6. The van der Waals surface area contributed by atoms with Crippen molar-refractivity contribution in [1.82, 2.24) is 25.2 Å². The van der Waals surface area contributed by atoms with E-state index in [1.807, 2.05) is 43.3 Å². The molecule has 3 N–H and O–H groups in total. The SMILES string of the molecule is C[C@H]1CC/C=C\[C@@H]2C[C@@]2(C(=O)NS(=O)(=O)C2CC2)NC(=O)[C@@H]2CC(Oc3ncc(OC4CC4)c4ccccc34)CN2C(=O)[C@@H](NC(=O)OC(C)(C)C)[C@H](C)C1. The number of carbonyl (C=O) groups is 4. The maximum absolute atomic E-state index is 14.8. The van der Waals surface area contributed by atoms with Crippen LogP contribution in [-0.2, 0) is 29.1 Å². The third kappa shape index (κ3) is 8.86. The number of ether oxygens (including phenoxy) is 3. The fraction of sp³-hybridized carbons (Fsp3) is 0.625. The van der Waals surface area contributed by atoms with Gasteiger partial charge < -0.3 is 29.7 Å². The molecular weight excluding hydrogens is 727 g/mol. The van der Waals surface area contributed by atoms with Gasteiger partial charge in [-0.25, -0.2) is 18.2 Å². The Morgan fingerprint density at radius 3 is 2.40 bits per heavy atom. The summed E-state index contributed by atoms with van der Waals surface area (Å²) in [6.45, 7) is 9.19. The van der Waals surface area contributed by atoms with E-state index >= 15 is 0 Å². The van der Waals surface area contributed by atoms with Crippen molar-refractivity contribution in [3.8, 4) is 11.6 Å². The predicted octanol–water partition coefficient (Wildman–Crippen LogP) is 4.51. The first-order chi connectivity index (χ1) is 26.0. The molecule has 15 heteroatoms. The fourth-order valence-electron chi connectivity index (χ4n) is 7.78. The molecule has 1 aromatic heterocycles. The van der Waals surface area contributed by atoms with Crippen LogP contribution in [0.5, 0.6) is 11.6 Å². The van der Waals surface area contributed by atoms with Gasteiger partial charge in [0.2, 0.25) is 27.7 Å². The molecular formula is C40H53N5O9S. The summed E-state index contributed by atoms with van der Waals surface area (Å²) in [6.07, 6.45) is 9.42. The summed E-state index contributed by atoms with van der Waals surface area (Å²) in [6, 6.07) is 5.43. The van der Waals surface area contributed by atoms with Crippen molar-refractivity contribution >= 4 is 44.6 Å². The lowest BCUT2D eigenvalue weighted by molar-refractivity contribution is -0.142. The summed E-state index contributed by atoms with van der Waals surface area (Å²) in [7, 11) is -3.90. The zero-order valence-electron chi connectivity index (χ0n) is 32.2. The highest BCUT2D eigenvalue weighted by atomic mass is 32.2. The molecule has 2 aromatic rings.